The number of hydrogen-bond donors (Lipinski definition) is 1. The number of anilines is 1. The number of hydrogen-bond acceptors (Lipinski definition) is 4. The molecule has 0 bridgehead atoms. The van der Waals surface area contributed by atoms with Gasteiger partial charge in [-0.05, 0) is 74.9 Å². The van der Waals surface area contributed by atoms with Gasteiger partial charge in [0.25, 0.3) is 11.8 Å². The van der Waals surface area contributed by atoms with Crippen molar-refractivity contribution in [3.63, 3.8) is 0 Å². The highest BCUT2D eigenvalue weighted by Gasteiger charge is 2.37. The van der Waals surface area contributed by atoms with Crippen LogP contribution in [0.2, 0.25) is 0 Å². The van der Waals surface area contributed by atoms with E-state index in [-0.39, 0.29) is 5.57 Å². The maximum atomic E-state index is 13.3. The fourth-order valence-corrected chi connectivity index (χ4v) is 4.11. The monoisotopic (exact) mass is 507 g/mol. The highest BCUT2D eigenvalue weighted by atomic mass is 79.9. The molecule has 33 heavy (non-hydrogen) atoms. The largest absolute Gasteiger partial charge is 0.494 e. The lowest BCUT2D eigenvalue weighted by Crippen LogP contribution is -2.54. The first-order chi connectivity index (χ1) is 15.8. The molecule has 7 nitrogen and oxygen atoms in total. The molecular weight excluding hydrogens is 486 g/mol. The number of ether oxygens (including phenoxy) is 1. The molecule has 2 heterocycles. The number of urea groups is 1. The third kappa shape index (κ3) is 4.34. The van der Waals surface area contributed by atoms with Gasteiger partial charge in [-0.3, -0.25) is 14.9 Å². The molecular formula is C25H22BrN3O4. The summed E-state index contributed by atoms with van der Waals surface area (Å²) in [4.78, 5) is 39.3. The second kappa shape index (κ2) is 9.07. The molecule has 0 spiro atoms. The number of halogens is 1. The van der Waals surface area contributed by atoms with E-state index in [1.54, 1.807) is 24.3 Å². The Balaban J connectivity index is 1.73. The zero-order chi connectivity index (χ0) is 23.7. The number of carbonyl (C=O) groups is 3. The van der Waals surface area contributed by atoms with Crippen LogP contribution in [0.5, 0.6) is 5.75 Å². The van der Waals surface area contributed by atoms with Gasteiger partial charge in [0.2, 0.25) is 0 Å². The van der Waals surface area contributed by atoms with Crippen LogP contribution in [0, 0.1) is 13.8 Å². The zero-order valence-electron chi connectivity index (χ0n) is 18.4. The summed E-state index contributed by atoms with van der Waals surface area (Å²) < 4.78 is 8.49. The lowest BCUT2D eigenvalue weighted by atomic mass is 10.1. The van der Waals surface area contributed by atoms with Crippen molar-refractivity contribution in [3.8, 4) is 11.4 Å². The lowest BCUT2D eigenvalue weighted by molar-refractivity contribution is -0.122. The zero-order valence-corrected chi connectivity index (χ0v) is 20.0. The van der Waals surface area contributed by atoms with Gasteiger partial charge in [-0.25, -0.2) is 9.69 Å². The van der Waals surface area contributed by atoms with Crippen LogP contribution in [0.25, 0.3) is 11.8 Å². The van der Waals surface area contributed by atoms with Gasteiger partial charge >= 0.3 is 6.03 Å². The molecule has 0 saturated carbocycles. The summed E-state index contributed by atoms with van der Waals surface area (Å²) in [7, 11) is 0. The first-order valence-corrected chi connectivity index (χ1v) is 11.2. The number of nitrogens with zero attached hydrogens (tertiary/aromatic N) is 2. The Morgan fingerprint density at radius 3 is 2.42 bits per heavy atom. The third-order valence-corrected chi connectivity index (χ3v) is 5.87. The average molecular weight is 508 g/mol. The van der Waals surface area contributed by atoms with Crippen molar-refractivity contribution in [2.24, 2.45) is 0 Å². The van der Waals surface area contributed by atoms with E-state index < -0.39 is 17.8 Å². The third-order valence-electron chi connectivity index (χ3n) is 5.34. The van der Waals surface area contributed by atoms with Crippen LogP contribution in [-0.4, -0.2) is 29.0 Å². The molecule has 1 aromatic heterocycles. The molecule has 4 amide bonds. The maximum absolute atomic E-state index is 13.3. The Morgan fingerprint density at radius 2 is 1.73 bits per heavy atom. The fraction of sp³-hybridized carbons (Fsp3) is 0.160. The maximum Gasteiger partial charge on any atom is 0.335 e. The number of rotatable bonds is 5. The van der Waals surface area contributed by atoms with Crippen molar-refractivity contribution in [1.82, 2.24) is 9.88 Å². The van der Waals surface area contributed by atoms with Crippen LogP contribution in [-0.2, 0) is 9.59 Å². The molecule has 1 fully saturated rings. The summed E-state index contributed by atoms with van der Waals surface area (Å²) in [6, 6.07) is 15.6. The van der Waals surface area contributed by atoms with E-state index in [2.05, 4.69) is 21.2 Å². The topological polar surface area (TPSA) is 80.6 Å². The summed E-state index contributed by atoms with van der Waals surface area (Å²) in [6.07, 6.45) is 1.53. The molecule has 1 saturated heterocycles. The van der Waals surface area contributed by atoms with Crippen LogP contribution in [0.15, 0.2) is 64.6 Å². The van der Waals surface area contributed by atoms with Gasteiger partial charge in [-0.2, -0.15) is 0 Å². The molecule has 168 valence electrons. The standard InChI is InChI=1S/C25H22BrN3O4/c1-4-33-21-7-5-6-20(14-21)29-24(31)22(23(30)27-25(29)32)13-17-12-15(2)28(16(17)3)19-10-8-18(26)9-11-19/h5-14H,4H2,1-3H3,(H,27,30,32)/b22-13+. The van der Waals surface area contributed by atoms with E-state index in [4.69, 9.17) is 4.74 Å². The second-order valence-electron chi connectivity index (χ2n) is 7.53. The summed E-state index contributed by atoms with van der Waals surface area (Å²) >= 11 is 3.44. The molecule has 0 radical (unpaired) electrons. The molecule has 4 rings (SSSR count). The van der Waals surface area contributed by atoms with Crippen molar-refractivity contribution in [3.05, 3.63) is 81.6 Å². The van der Waals surface area contributed by atoms with E-state index in [1.807, 2.05) is 55.7 Å². The number of aromatic nitrogens is 1. The molecule has 1 aliphatic rings. The van der Waals surface area contributed by atoms with Crippen LogP contribution in [0.1, 0.15) is 23.9 Å². The van der Waals surface area contributed by atoms with Gasteiger partial charge in [0.15, 0.2) is 0 Å². The van der Waals surface area contributed by atoms with Crippen LogP contribution in [0.4, 0.5) is 10.5 Å². The molecule has 1 N–H and O–H groups in total. The molecule has 0 atom stereocenters. The summed E-state index contributed by atoms with van der Waals surface area (Å²) in [6.45, 7) is 6.16. The lowest BCUT2D eigenvalue weighted by Gasteiger charge is -2.26. The molecule has 3 aromatic rings. The molecule has 2 aromatic carbocycles. The van der Waals surface area contributed by atoms with Crippen molar-refractivity contribution < 1.29 is 19.1 Å². The van der Waals surface area contributed by atoms with E-state index in [9.17, 15) is 14.4 Å². The Labute approximate surface area is 199 Å². The van der Waals surface area contributed by atoms with Crippen molar-refractivity contribution in [1.29, 1.82) is 0 Å². The summed E-state index contributed by atoms with van der Waals surface area (Å²) in [5.41, 5.74) is 3.69. The number of amides is 4. The van der Waals surface area contributed by atoms with E-state index >= 15 is 0 Å². The highest BCUT2D eigenvalue weighted by Crippen LogP contribution is 2.28. The molecule has 0 aliphatic carbocycles. The predicted octanol–water partition coefficient (Wildman–Crippen LogP) is 4.92. The minimum absolute atomic E-state index is 0.118. The number of carbonyl (C=O) groups excluding carboxylic acids is 3. The van der Waals surface area contributed by atoms with E-state index in [1.165, 1.54) is 6.08 Å². The minimum Gasteiger partial charge on any atom is -0.494 e. The first kappa shape index (κ1) is 22.5. The van der Waals surface area contributed by atoms with Gasteiger partial charge < -0.3 is 9.30 Å². The number of barbiturate groups is 1. The van der Waals surface area contributed by atoms with Crippen LogP contribution in [0.3, 0.4) is 0 Å². The van der Waals surface area contributed by atoms with Gasteiger partial charge in [0.1, 0.15) is 11.3 Å². The molecule has 8 heteroatoms. The Kier molecular flexibility index (Phi) is 6.20. The van der Waals surface area contributed by atoms with E-state index in [0.29, 0.717) is 23.6 Å². The Bertz CT molecular complexity index is 1290. The summed E-state index contributed by atoms with van der Waals surface area (Å²) in [5, 5.41) is 2.26. The highest BCUT2D eigenvalue weighted by molar-refractivity contribution is 9.10. The minimum atomic E-state index is -0.795. The fourth-order valence-electron chi connectivity index (χ4n) is 3.85. The summed E-state index contributed by atoms with van der Waals surface area (Å²) in [5.74, 6) is -0.891. The Morgan fingerprint density at radius 1 is 1.00 bits per heavy atom. The van der Waals surface area contributed by atoms with Crippen molar-refractivity contribution in [2.45, 2.75) is 20.8 Å². The van der Waals surface area contributed by atoms with Crippen molar-refractivity contribution in [2.75, 3.05) is 11.5 Å². The SMILES string of the molecule is CCOc1cccc(N2C(=O)NC(=O)/C(=C\c3cc(C)n(-c4ccc(Br)cc4)c3C)C2=O)c1. The number of nitrogens with one attached hydrogen (secondary N) is 1. The number of aryl methyl sites for hydroxylation is 1. The van der Waals surface area contributed by atoms with E-state index in [0.717, 1.165) is 26.4 Å². The van der Waals surface area contributed by atoms with Crippen LogP contribution >= 0.6 is 15.9 Å². The van der Waals surface area contributed by atoms with Gasteiger partial charge in [0, 0.05) is 27.6 Å². The van der Waals surface area contributed by atoms with Gasteiger partial charge in [0.05, 0.1) is 12.3 Å². The Hall–Kier alpha value is -3.65. The predicted molar refractivity (Wildman–Crippen MR) is 130 cm³/mol. The normalized spacial score (nSPS) is 15.2. The van der Waals surface area contributed by atoms with Crippen molar-refractivity contribution >= 4 is 45.5 Å². The molecule has 0 unspecified atom stereocenters. The number of benzene rings is 2. The van der Waals surface area contributed by atoms with Gasteiger partial charge in [-0.1, -0.05) is 22.0 Å². The number of imide groups is 2. The van der Waals surface area contributed by atoms with Crippen LogP contribution < -0.4 is 15.0 Å². The first-order valence-electron chi connectivity index (χ1n) is 10.4. The second-order valence-corrected chi connectivity index (χ2v) is 8.44. The smallest absolute Gasteiger partial charge is 0.335 e. The average Bonchev–Trinajstić information content (AvgIpc) is 3.05. The van der Waals surface area contributed by atoms with Gasteiger partial charge in [-0.15, -0.1) is 0 Å². The molecule has 1 aliphatic heterocycles. The quantitative estimate of drug-likeness (QED) is 0.392.